The van der Waals surface area contributed by atoms with Gasteiger partial charge >= 0.3 is 0 Å². The summed E-state index contributed by atoms with van der Waals surface area (Å²) < 4.78 is 0. The lowest BCUT2D eigenvalue weighted by Crippen LogP contribution is -2.27. The van der Waals surface area contributed by atoms with Crippen molar-refractivity contribution in [3.63, 3.8) is 0 Å². The molecule has 7 nitrogen and oxygen atoms in total. The number of nitriles is 1. The number of thioether (sulfide) groups is 1. The molecule has 2 N–H and O–H groups in total. The number of allylic oxidation sites excluding steroid dienone is 2. The Morgan fingerprint density at radius 1 is 1.52 bits per heavy atom. The molecule has 0 saturated carbocycles. The number of rotatable bonds is 7. The molecule has 1 fully saturated rings. The van der Waals surface area contributed by atoms with Gasteiger partial charge in [0.25, 0.3) is 0 Å². The lowest BCUT2D eigenvalue weighted by molar-refractivity contribution is -0.127. The lowest BCUT2D eigenvalue weighted by atomic mass is 10.1. The minimum absolute atomic E-state index is 0.245. The van der Waals surface area contributed by atoms with Crippen LogP contribution >= 0.6 is 11.8 Å². The second-order valence-corrected chi connectivity index (χ2v) is 7.70. The van der Waals surface area contributed by atoms with Crippen molar-refractivity contribution in [1.29, 1.82) is 5.26 Å². The fraction of sp³-hybridized carbons (Fsp3) is 0.474. The molecule has 3 rings (SSSR count). The predicted molar refractivity (Wildman–Crippen MR) is 107 cm³/mol. The largest absolute Gasteiger partial charge is 0.354 e. The van der Waals surface area contributed by atoms with E-state index in [2.05, 4.69) is 40.5 Å². The van der Waals surface area contributed by atoms with Gasteiger partial charge in [-0.25, -0.2) is 9.97 Å². The number of nitrogens with zero attached hydrogens (tertiary/aromatic N) is 4. The van der Waals surface area contributed by atoms with Crippen molar-refractivity contribution >= 4 is 29.2 Å². The van der Waals surface area contributed by atoms with E-state index in [1.54, 1.807) is 12.3 Å². The van der Waals surface area contributed by atoms with Gasteiger partial charge in [0.2, 0.25) is 11.9 Å². The molecule has 1 aromatic heterocycles. The van der Waals surface area contributed by atoms with Crippen molar-refractivity contribution in [2.45, 2.75) is 33.1 Å². The third-order valence-electron chi connectivity index (χ3n) is 4.49. The normalized spacial score (nSPS) is 18.4. The quantitative estimate of drug-likeness (QED) is 0.551. The molecule has 3 heterocycles. The van der Waals surface area contributed by atoms with Crippen LogP contribution in [0.3, 0.4) is 0 Å². The Morgan fingerprint density at radius 3 is 3.04 bits per heavy atom. The molecule has 0 radical (unpaired) electrons. The van der Waals surface area contributed by atoms with Crippen molar-refractivity contribution < 1.29 is 4.79 Å². The number of hydrogen-bond acceptors (Lipinski definition) is 7. The van der Waals surface area contributed by atoms with E-state index in [4.69, 9.17) is 0 Å². The molecular formula is C19H24N6OS. The molecule has 0 aliphatic carbocycles. The second-order valence-electron chi connectivity index (χ2n) is 6.82. The summed E-state index contributed by atoms with van der Waals surface area (Å²) in [6, 6.07) is 4.00. The monoisotopic (exact) mass is 384 g/mol. The Balaban J connectivity index is 1.59. The Hall–Kier alpha value is -2.53. The molecule has 0 unspecified atom stereocenters. The highest BCUT2D eigenvalue weighted by atomic mass is 32.2. The number of carbonyl (C=O) groups is 1. The van der Waals surface area contributed by atoms with Gasteiger partial charge in [0, 0.05) is 37.9 Å². The average Bonchev–Trinajstić information content (AvgIpc) is 3.30. The van der Waals surface area contributed by atoms with Crippen molar-refractivity contribution in [2.75, 3.05) is 25.0 Å². The molecule has 8 heteroatoms. The molecular weight excluding hydrogens is 360 g/mol. The van der Waals surface area contributed by atoms with Crippen LogP contribution in [0.4, 0.5) is 5.95 Å². The van der Waals surface area contributed by atoms with Gasteiger partial charge in [-0.15, -0.1) is 0 Å². The van der Waals surface area contributed by atoms with Gasteiger partial charge in [-0.2, -0.15) is 5.26 Å². The molecule has 1 amide bonds. The first kappa shape index (κ1) is 19.2. The average molecular weight is 385 g/mol. The maximum absolute atomic E-state index is 11.6. The molecule has 0 bridgehead atoms. The Bertz CT molecular complexity index is 811. The van der Waals surface area contributed by atoms with Gasteiger partial charge in [0.05, 0.1) is 10.7 Å². The highest BCUT2D eigenvalue weighted by Crippen LogP contribution is 2.33. The molecule has 2 aliphatic rings. The smallest absolute Gasteiger partial charge is 0.223 e. The predicted octanol–water partition coefficient (Wildman–Crippen LogP) is 2.93. The van der Waals surface area contributed by atoms with Gasteiger partial charge in [0.15, 0.2) is 0 Å². The van der Waals surface area contributed by atoms with Crippen LogP contribution in [0.2, 0.25) is 0 Å². The lowest BCUT2D eigenvalue weighted by Gasteiger charge is -2.15. The number of amides is 1. The van der Waals surface area contributed by atoms with Crippen LogP contribution in [0.5, 0.6) is 0 Å². The van der Waals surface area contributed by atoms with Gasteiger partial charge in [-0.1, -0.05) is 25.6 Å². The summed E-state index contributed by atoms with van der Waals surface area (Å²) in [5.74, 6) is 1.11. The standard InChI is InChI=1S/C19H24N6OS/c1-13(2)16-12-27-18(23-16)14(11-20)15-6-8-22-19(24-15)21-7-4-10-25-9-3-5-17(25)26/h6,8,12-13,23H,3-5,7,9-10H2,1-2H3,(H,21,22,24)/b18-14-. The third kappa shape index (κ3) is 4.80. The molecule has 27 heavy (non-hydrogen) atoms. The maximum Gasteiger partial charge on any atom is 0.223 e. The molecule has 1 saturated heterocycles. The molecule has 0 atom stereocenters. The number of likely N-dealkylation sites (tertiary alicyclic amines) is 1. The van der Waals surface area contributed by atoms with Crippen LogP contribution in [0, 0.1) is 17.2 Å². The first-order chi connectivity index (χ1) is 13.1. The highest BCUT2D eigenvalue weighted by molar-refractivity contribution is 8.06. The topological polar surface area (TPSA) is 93.9 Å². The second kappa shape index (κ2) is 8.91. The van der Waals surface area contributed by atoms with Crippen LogP contribution in [-0.4, -0.2) is 40.4 Å². The third-order valence-corrected chi connectivity index (χ3v) is 5.41. The maximum atomic E-state index is 11.6. The summed E-state index contributed by atoms with van der Waals surface area (Å²) >= 11 is 1.51. The van der Waals surface area contributed by atoms with Gasteiger partial charge in [-0.3, -0.25) is 4.79 Å². The zero-order valence-electron chi connectivity index (χ0n) is 15.7. The van der Waals surface area contributed by atoms with Gasteiger partial charge < -0.3 is 15.5 Å². The Labute approximate surface area is 163 Å². The van der Waals surface area contributed by atoms with Crippen molar-refractivity contribution in [1.82, 2.24) is 20.2 Å². The van der Waals surface area contributed by atoms with Crippen LogP contribution in [0.25, 0.3) is 5.57 Å². The van der Waals surface area contributed by atoms with E-state index in [-0.39, 0.29) is 5.91 Å². The summed E-state index contributed by atoms with van der Waals surface area (Å²) in [6.07, 6.45) is 4.12. The Morgan fingerprint density at radius 2 is 2.37 bits per heavy atom. The molecule has 0 spiro atoms. The van der Waals surface area contributed by atoms with Crippen LogP contribution in [-0.2, 0) is 4.79 Å². The summed E-state index contributed by atoms with van der Waals surface area (Å²) in [4.78, 5) is 22.2. The highest BCUT2D eigenvalue weighted by Gasteiger charge is 2.20. The van der Waals surface area contributed by atoms with Crippen molar-refractivity contribution in [3.8, 4) is 6.07 Å². The summed E-state index contributed by atoms with van der Waals surface area (Å²) in [6.45, 7) is 6.51. The van der Waals surface area contributed by atoms with Crippen molar-refractivity contribution in [2.24, 2.45) is 5.92 Å². The first-order valence-electron chi connectivity index (χ1n) is 9.21. The van der Waals surface area contributed by atoms with E-state index in [1.165, 1.54) is 11.8 Å². The summed E-state index contributed by atoms with van der Waals surface area (Å²) in [5.41, 5.74) is 2.21. The fourth-order valence-corrected chi connectivity index (χ4v) is 3.95. The van der Waals surface area contributed by atoms with E-state index in [0.29, 0.717) is 36.1 Å². The molecule has 1 aromatic rings. The van der Waals surface area contributed by atoms with Gasteiger partial charge in [0.1, 0.15) is 11.6 Å². The molecule has 0 aromatic carbocycles. The number of nitrogens with one attached hydrogen (secondary N) is 2. The summed E-state index contributed by atoms with van der Waals surface area (Å²) in [7, 11) is 0. The van der Waals surface area contributed by atoms with Crippen molar-refractivity contribution in [3.05, 3.63) is 34.1 Å². The van der Waals surface area contributed by atoms with E-state index in [9.17, 15) is 10.1 Å². The van der Waals surface area contributed by atoms with Gasteiger partial charge in [-0.05, 0) is 30.2 Å². The zero-order chi connectivity index (χ0) is 19.2. The minimum atomic E-state index is 0.245. The number of hydrogen-bond donors (Lipinski definition) is 2. The fourth-order valence-electron chi connectivity index (χ4n) is 2.93. The van der Waals surface area contributed by atoms with E-state index < -0.39 is 0 Å². The number of anilines is 1. The Kier molecular flexibility index (Phi) is 6.35. The van der Waals surface area contributed by atoms with Crippen LogP contribution in [0.15, 0.2) is 28.4 Å². The number of carbonyl (C=O) groups excluding carboxylic acids is 1. The molecule has 2 aliphatic heterocycles. The minimum Gasteiger partial charge on any atom is -0.354 e. The first-order valence-corrected chi connectivity index (χ1v) is 10.1. The zero-order valence-corrected chi connectivity index (χ0v) is 16.5. The van der Waals surface area contributed by atoms with E-state index in [0.717, 1.165) is 36.7 Å². The van der Waals surface area contributed by atoms with E-state index >= 15 is 0 Å². The van der Waals surface area contributed by atoms with Crippen LogP contribution in [0.1, 0.15) is 38.8 Å². The van der Waals surface area contributed by atoms with E-state index in [1.807, 2.05) is 10.3 Å². The SMILES string of the molecule is CC(C)C1=CS/C(=C(/C#N)c2ccnc(NCCCN3CCCC3=O)n2)N1. The molecule has 142 valence electrons. The number of aromatic nitrogens is 2. The van der Waals surface area contributed by atoms with Crippen LogP contribution < -0.4 is 10.6 Å². The summed E-state index contributed by atoms with van der Waals surface area (Å²) in [5, 5.41) is 19.0.